The highest BCUT2D eigenvalue weighted by atomic mass is 19.1. The molecule has 3 aliphatic rings. The van der Waals surface area contributed by atoms with E-state index in [1.165, 1.54) is 25.3 Å². The first-order chi connectivity index (χ1) is 16.0. The number of morpholine rings is 1. The number of pyridine rings is 2. The van der Waals surface area contributed by atoms with E-state index in [0.29, 0.717) is 71.3 Å². The predicted octanol–water partition coefficient (Wildman–Crippen LogP) is 2.13. The van der Waals surface area contributed by atoms with Crippen LogP contribution >= 0.6 is 0 Å². The van der Waals surface area contributed by atoms with E-state index in [1.54, 1.807) is 6.07 Å². The topological polar surface area (TPSA) is 124 Å². The van der Waals surface area contributed by atoms with Gasteiger partial charge in [0.25, 0.3) is 5.91 Å². The molecule has 1 aromatic carbocycles. The van der Waals surface area contributed by atoms with Crippen molar-refractivity contribution in [3.8, 4) is 11.9 Å². The van der Waals surface area contributed by atoms with Gasteiger partial charge in [-0.2, -0.15) is 10.2 Å². The molecule has 10 nitrogen and oxygen atoms in total. The van der Waals surface area contributed by atoms with Crippen molar-refractivity contribution in [3.63, 3.8) is 0 Å². The Bertz CT molecular complexity index is 1380. The molecule has 166 valence electrons. The van der Waals surface area contributed by atoms with Crippen LogP contribution in [-0.4, -0.2) is 49.3 Å². The summed E-state index contributed by atoms with van der Waals surface area (Å²) in [5, 5.41) is 20.3. The molecular weight excluding hydrogens is 429 g/mol. The van der Waals surface area contributed by atoms with Crippen LogP contribution in [0.4, 0.5) is 27.5 Å². The standard InChI is InChI=1S/C22H18FN7O3/c1-32-16-9-12-13(10-24)20(30-4-6-33-7-5-30)27-19-17(12)18(26-16)28-22(29-19)14-8-11(23)2-3-15(14)25-21(22)31/h2-3,8-9H,4-7H2,1H3,(H,25,31)(H,26,28)(H,27,29)/t22-/m0/s1. The Hall–Kier alpha value is -4.17. The number of nitrogens with one attached hydrogen (secondary N) is 3. The van der Waals surface area contributed by atoms with Gasteiger partial charge < -0.3 is 30.3 Å². The minimum atomic E-state index is -1.53. The molecule has 1 amide bonds. The number of methoxy groups -OCH3 is 1. The van der Waals surface area contributed by atoms with E-state index >= 15 is 0 Å². The summed E-state index contributed by atoms with van der Waals surface area (Å²) in [6.07, 6.45) is 0. The summed E-state index contributed by atoms with van der Waals surface area (Å²) in [7, 11) is 1.47. The fourth-order valence-corrected chi connectivity index (χ4v) is 4.61. The molecule has 0 unspecified atom stereocenters. The van der Waals surface area contributed by atoms with Gasteiger partial charge in [-0.15, -0.1) is 0 Å². The van der Waals surface area contributed by atoms with Crippen molar-refractivity contribution in [2.45, 2.75) is 5.66 Å². The number of nitriles is 1. The van der Waals surface area contributed by atoms with Crippen molar-refractivity contribution >= 4 is 39.8 Å². The zero-order valence-electron chi connectivity index (χ0n) is 17.5. The smallest absolute Gasteiger partial charge is 0.275 e. The molecule has 1 atom stereocenters. The molecule has 5 heterocycles. The lowest BCUT2D eigenvalue weighted by Crippen LogP contribution is -2.51. The second-order valence-electron chi connectivity index (χ2n) is 7.95. The molecule has 0 bridgehead atoms. The van der Waals surface area contributed by atoms with Gasteiger partial charge in [-0.05, 0) is 18.2 Å². The highest BCUT2D eigenvalue weighted by Gasteiger charge is 2.51. The number of ether oxygens (including phenoxy) is 2. The summed E-state index contributed by atoms with van der Waals surface area (Å²) >= 11 is 0. The molecule has 3 aromatic rings. The van der Waals surface area contributed by atoms with Gasteiger partial charge in [0.05, 0.1) is 25.7 Å². The number of anilines is 4. The highest BCUT2D eigenvalue weighted by molar-refractivity contribution is 6.15. The number of halogens is 1. The van der Waals surface area contributed by atoms with Crippen LogP contribution in [0.15, 0.2) is 24.3 Å². The maximum Gasteiger partial charge on any atom is 0.275 e. The summed E-state index contributed by atoms with van der Waals surface area (Å²) < 4.78 is 25.0. The van der Waals surface area contributed by atoms with E-state index in [2.05, 4.69) is 27.0 Å². The second-order valence-corrected chi connectivity index (χ2v) is 7.95. The lowest BCUT2D eigenvalue weighted by molar-refractivity contribution is -0.119. The molecule has 3 aliphatic heterocycles. The number of rotatable bonds is 2. The van der Waals surface area contributed by atoms with Crippen molar-refractivity contribution in [3.05, 3.63) is 41.2 Å². The highest BCUT2D eigenvalue weighted by Crippen LogP contribution is 2.47. The zero-order chi connectivity index (χ0) is 22.7. The Balaban J connectivity index is 1.62. The molecule has 1 fully saturated rings. The number of aromatic nitrogens is 2. The molecule has 2 aromatic heterocycles. The molecule has 11 heteroatoms. The number of hydrogen-bond donors (Lipinski definition) is 3. The van der Waals surface area contributed by atoms with Crippen molar-refractivity contribution in [1.29, 1.82) is 5.26 Å². The van der Waals surface area contributed by atoms with Crippen LogP contribution in [0.5, 0.6) is 5.88 Å². The number of carbonyl (C=O) groups is 1. The Kier molecular flexibility index (Phi) is 4.09. The zero-order valence-corrected chi connectivity index (χ0v) is 17.5. The van der Waals surface area contributed by atoms with Crippen LogP contribution in [0.1, 0.15) is 11.1 Å². The van der Waals surface area contributed by atoms with Crippen LogP contribution in [0.3, 0.4) is 0 Å². The summed E-state index contributed by atoms with van der Waals surface area (Å²) in [6, 6.07) is 8.03. The summed E-state index contributed by atoms with van der Waals surface area (Å²) in [6.45, 7) is 2.16. The number of amides is 1. The Morgan fingerprint density at radius 2 is 1.97 bits per heavy atom. The quantitative estimate of drug-likeness (QED) is 0.542. The molecule has 3 N–H and O–H groups in total. The van der Waals surface area contributed by atoms with Crippen molar-refractivity contribution in [1.82, 2.24) is 9.97 Å². The third-order valence-electron chi connectivity index (χ3n) is 6.16. The maximum absolute atomic E-state index is 14.2. The molecule has 1 saturated heterocycles. The first-order valence-electron chi connectivity index (χ1n) is 10.4. The van der Waals surface area contributed by atoms with Gasteiger partial charge in [-0.3, -0.25) is 4.79 Å². The Morgan fingerprint density at radius 1 is 1.21 bits per heavy atom. The van der Waals surface area contributed by atoms with Gasteiger partial charge >= 0.3 is 0 Å². The van der Waals surface area contributed by atoms with E-state index in [0.717, 1.165) is 0 Å². The number of fused-ring (bicyclic) bond motifs is 2. The predicted molar refractivity (Wildman–Crippen MR) is 118 cm³/mol. The normalized spacial score (nSPS) is 20.6. The summed E-state index contributed by atoms with van der Waals surface area (Å²) in [4.78, 5) is 24.4. The molecule has 0 saturated carbocycles. The SMILES string of the molecule is COc1cc2c(C#N)c(N3CCOCC3)nc3c2c(n1)N[C@@]1(N3)C(=O)Nc2ccc(F)cc21. The average Bonchev–Trinajstić information content (AvgIpc) is 3.09. The van der Waals surface area contributed by atoms with Crippen LogP contribution in [0.2, 0.25) is 0 Å². The molecular formula is C22H18FN7O3. The lowest BCUT2D eigenvalue weighted by atomic mass is 9.96. The van der Waals surface area contributed by atoms with Crippen molar-refractivity contribution in [2.24, 2.45) is 0 Å². The third kappa shape index (κ3) is 2.71. The molecule has 0 aliphatic carbocycles. The second kappa shape index (κ2) is 6.91. The van der Waals surface area contributed by atoms with E-state index in [9.17, 15) is 14.4 Å². The molecule has 6 rings (SSSR count). The average molecular weight is 447 g/mol. The van der Waals surface area contributed by atoms with Crippen LogP contribution < -0.4 is 25.6 Å². The number of carbonyl (C=O) groups excluding carboxylic acids is 1. The van der Waals surface area contributed by atoms with E-state index in [-0.39, 0.29) is 5.88 Å². The van der Waals surface area contributed by atoms with Crippen LogP contribution in [-0.2, 0) is 15.2 Å². The minimum absolute atomic E-state index is 0.265. The summed E-state index contributed by atoms with van der Waals surface area (Å²) in [5.74, 6) is 0.506. The molecule has 1 spiro atoms. The van der Waals surface area contributed by atoms with Gasteiger partial charge in [0.1, 0.15) is 34.9 Å². The minimum Gasteiger partial charge on any atom is -0.481 e. The Morgan fingerprint density at radius 3 is 2.70 bits per heavy atom. The first kappa shape index (κ1) is 19.5. The van der Waals surface area contributed by atoms with Gasteiger partial charge in [0.15, 0.2) is 0 Å². The fraction of sp³-hybridized carbons (Fsp3) is 0.273. The van der Waals surface area contributed by atoms with Gasteiger partial charge in [-0.1, -0.05) is 0 Å². The fourth-order valence-electron chi connectivity index (χ4n) is 4.61. The van der Waals surface area contributed by atoms with E-state index in [4.69, 9.17) is 14.5 Å². The number of hydrogen-bond acceptors (Lipinski definition) is 9. The van der Waals surface area contributed by atoms with Crippen molar-refractivity contribution in [2.75, 3.05) is 54.3 Å². The molecule has 0 radical (unpaired) electrons. The van der Waals surface area contributed by atoms with Crippen LogP contribution in [0.25, 0.3) is 10.8 Å². The van der Waals surface area contributed by atoms with E-state index < -0.39 is 17.4 Å². The monoisotopic (exact) mass is 447 g/mol. The number of benzene rings is 1. The van der Waals surface area contributed by atoms with Gasteiger partial charge in [0, 0.05) is 35.8 Å². The van der Waals surface area contributed by atoms with Gasteiger partial charge in [0.2, 0.25) is 11.5 Å². The number of nitrogens with zero attached hydrogens (tertiary/aromatic N) is 4. The summed E-state index contributed by atoms with van der Waals surface area (Å²) in [5.41, 5.74) is -0.291. The van der Waals surface area contributed by atoms with Crippen LogP contribution in [0, 0.1) is 17.1 Å². The van der Waals surface area contributed by atoms with Crippen molar-refractivity contribution < 1.29 is 18.7 Å². The van der Waals surface area contributed by atoms with Gasteiger partial charge in [-0.25, -0.2) is 9.37 Å². The first-order valence-corrected chi connectivity index (χ1v) is 10.4. The Labute approximate surface area is 187 Å². The third-order valence-corrected chi connectivity index (χ3v) is 6.16. The van der Waals surface area contributed by atoms with E-state index in [1.807, 2.05) is 4.90 Å². The molecule has 33 heavy (non-hydrogen) atoms. The lowest BCUT2D eigenvalue weighted by Gasteiger charge is -2.37. The maximum atomic E-state index is 14.2. The largest absolute Gasteiger partial charge is 0.481 e.